The van der Waals surface area contributed by atoms with Crippen molar-refractivity contribution in [3.05, 3.63) is 59.7 Å². The molecule has 5 nitrogen and oxygen atoms in total. The van der Waals surface area contributed by atoms with Crippen molar-refractivity contribution in [1.82, 2.24) is 4.90 Å². The zero-order valence-electron chi connectivity index (χ0n) is 17.2. The molecule has 2 fully saturated rings. The molecule has 1 atom stereocenters. The van der Waals surface area contributed by atoms with E-state index in [4.69, 9.17) is 4.74 Å². The van der Waals surface area contributed by atoms with Crippen molar-refractivity contribution in [3.8, 4) is 5.75 Å². The van der Waals surface area contributed by atoms with Crippen molar-refractivity contribution in [1.29, 1.82) is 0 Å². The number of rotatable bonds is 4. The van der Waals surface area contributed by atoms with E-state index in [-0.39, 0.29) is 17.7 Å². The standard InChI is InChI=1S/C24H26N2O3S/c1-29-19-10-6-7-17(15-19)16-25-21-12-5-4-11-20(21)24(23(25)28)26(13-14-30-24)22(27)18-8-2-3-9-18/h4-7,10-12,15,18H,2-3,8-9,13-14,16H2,1H3. The van der Waals surface area contributed by atoms with E-state index in [9.17, 15) is 9.59 Å². The van der Waals surface area contributed by atoms with Gasteiger partial charge in [0.05, 0.1) is 19.3 Å². The molecule has 2 aliphatic heterocycles. The lowest BCUT2D eigenvalue weighted by Crippen LogP contribution is -2.51. The third-order valence-electron chi connectivity index (χ3n) is 6.55. The van der Waals surface area contributed by atoms with Gasteiger partial charge in [-0.3, -0.25) is 9.59 Å². The van der Waals surface area contributed by atoms with Crippen LogP contribution >= 0.6 is 11.8 Å². The van der Waals surface area contributed by atoms with Gasteiger partial charge in [0, 0.05) is 23.8 Å². The van der Waals surface area contributed by atoms with Crippen molar-refractivity contribution in [2.75, 3.05) is 24.3 Å². The molecule has 0 radical (unpaired) electrons. The Kier molecular flexibility index (Phi) is 4.97. The Morgan fingerprint density at radius 3 is 2.77 bits per heavy atom. The van der Waals surface area contributed by atoms with Crippen LogP contribution in [-0.2, 0) is 21.0 Å². The minimum atomic E-state index is -0.921. The highest BCUT2D eigenvalue weighted by Crippen LogP contribution is 2.55. The van der Waals surface area contributed by atoms with Crippen LogP contribution in [0.25, 0.3) is 0 Å². The summed E-state index contributed by atoms with van der Waals surface area (Å²) in [5.74, 6) is 1.78. The number of carbonyl (C=O) groups excluding carboxylic acids is 2. The number of methoxy groups -OCH3 is 1. The third-order valence-corrected chi connectivity index (χ3v) is 7.97. The van der Waals surface area contributed by atoms with E-state index in [2.05, 4.69) is 0 Å². The van der Waals surface area contributed by atoms with Crippen LogP contribution in [-0.4, -0.2) is 36.1 Å². The molecule has 0 bridgehead atoms. The van der Waals surface area contributed by atoms with Gasteiger partial charge in [0.1, 0.15) is 5.75 Å². The average Bonchev–Trinajstić information content (AvgIpc) is 3.51. The van der Waals surface area contributed by atoms with Gasteiger partial charge < -0.3 is 14.5 Å². The lowest BCUT2D eigenvalue weighted by Gasteiger charge is -2.34. The highest BCUT2D eigenvalue weighted by Gasteiger charge is 2.59. The third kappa shape index (κ3) is 2.92. The van der Waals surface area contributed by atoms with Gasteiger partial charge in [-0.25, -0.2) is 0 Å². The van der Waals surface area contributed by atoms with Gasteiger partial charge in [-0.2, -0.15) is 0 Å². The first-order valence-electron chi connectivity index (χ1n) is 10.6. The number of fused-ring (bicyclic) bond motifs is 2. The van der Waals surface area contributed by atoms with Crippen LogP contribution in [0.2, 0.25) is 0 Å². The van der Waals surface area contributed by atoms with Gasteiger partial charge >= 0.3 is 0 Å². The maximum atomic E-state index is 14.0. The zero-order valence-corrected chi connectivity index (χ0v) is 18.0. The Labute approximate surface area is 181 Å². The Hall–Kier alpha value is -2.47. The predicted molar refractivity (Wildman–Crippen MR) is 118 cm³/mol. The highest BCUT2D eigenvalue weighted by molar-refractivity contribution is 8.01. The molecule has 2 amide bonds. The molecule has 2 aromatic carbocycles. The topological polar surface area (TPSA) is 49.9 Å². The predicted octanol–water partition coefficient (Wildman–Crippen LogP) is 4.16. The first kappa shape index (κ1) is 19.5. The van der Waals surface area contributed by atoms with E-state index in [1.165, 1.54) is 0 Å². The van der Waals surface area contributed by atoms with Gasteiger partial charge in [0.2, 0.25) is 5.91 Å². The minimum Gasteiger partial charge on any atom is -0.497 e. The van der Waals surface area contributed by atoms with Gasteiger partial charge in [0.25, 0.3) is 5.91 Å². The number of para-hydroxylation sites is 1. The van der Waals surface area contributed by atoms with E-state index >= 15 is 0 Å². The van der Waals surface area contributed by atoms with Crippen molar-refractivity contribution < 1.29 is 14.3 Å². The molecule has 6 heteroatoms. The van der Waals surface area contributed by atoms with Crippen LogP contribution in [0.5, 0.6) is 5.75 Å². The summed E-state index contributed by atoms with van der Waals surface area (Å²) in [7, 11) is 1.64. The number of nitrogens with zero attached hydrogens (tertiary/aromatic N) is 2. The molecule has 1 spiro atoms. The number of anilines is 1. The summed E-state index contributed by atoms with van der Waals surface area (Å²) >= 11 is 1.61. The Bertz CT molecular complexity index is 988. The maximum Gasteiger partial charge on any atom is 0.268 e. The molecular formula is C24H26N2O3S. The first-order chi connectivity index (χ1) is 14.6. The molecular weight excluding hydrogens is 396 g/mol. The Balaban J connectivity index is 1.53. The highest BCUT2D eigenvalue weighted by atomic mass is 32.2. The van der Waals surface area contributed by atoms with E-state index in [0.717, 1.165) is 54.0 Å². The lowest BCUT2D eigenvalue weighted by molar-refractivity contribution is -0.143. The van der Waals surface area contributed by atoms with Crippen LogP contribution in [0.15, 0.2) is 48.5 Å². The molecule has 30 heavy (non-hydrogen) atoms. The Morgan fingerprint density at radius 1 is 1.17 bits per heavy atom. The van der Waals surface area contributed by atoms with E-state index in [1.54, 1.807) is 18.9 Å². The van der Waals surface area contributed by atoms with Crippen LogP contribution in [0.1, 0.15) is 36.8 Å². The molecule has 0 N–H and O–H groups in total. The molecule has 0 aromatic heterocycles. The van der Waals surface area contributed by atoms with Crippen LogP contribution in [0.4, 0.5) is 5.69 Å². The van der Waals surface area contributed by atoms with E-state index < -0.39 is 4.87 Å². The molecule has 1 unspecified atom stereocenters. The number of ether oxygens (including phenoxy) is 1. The normalized spacial score (nSPS) is 23.4. The zero-order chi connectivity index (χ0) is 20.7. The maximum absolute atomic E-state index is 14.0. The van der Waals surface area contributed by atoms with Gasteiger partial charge in [-0.15, -0.1) is 11.8 Å². The molecule has 2 heterocycles. The fraction of sp³-hybridized carbons (Fsp3) is 0.417. The van der Waals surface area contributed by atoms with Gasteiger partial charge in [-0.1, -0.05) is 43.2 Å². The summed E-state index contributed by atoms with van der Waals surface area (Å²) in [5, 5.41) is 0. The van der Waals surface area contributed by atoms with Gasteiger partial charge in [0.15, 0.2) is 4.87 Å². The van der Waals surface area contributed by atoms with E-state index in [1.807, 2.05) is 58.3 Å². The largest absolute Gasteiger partial charge is 0.497 e. The van der Waals surface area contributed by atoms with Crippen LogP contribution in [0.3, 0.4) is 0 Å². The second-order valence-electron chi connectivity index (χ2n) is 8.22. The summed E-state index contributed by atoms with van der Waals surface area (Å²) in [6.45, 7) is 1.09. The van der Waals surface area contributed by atoms with Crippen molar-refractivity contribution in [3.63, 3.8) is 0 Å². The summed E-state index contributed by atoms with van der Waals surface area (Å²) < 4.78 is 5.35. The second kappa shape index (κ2) is 7.65. The number of thioether (sulfide) groups is 1. The van der Waals surface area contributed by atoms with Gasteiger partial charge in [-0.05, 0) is 36.6 Å². The molecule has 5 rings (SSSR count). The monoisotopic (exact) mass is 422 g/mol. The quantitative estimate of drug-likeness (QED) is 0.742. The van der Waals surface area contributed by atoms with Crippen molar-refractivity contribution in [2.45, 2.75) is 37.1 Å². The summed E-state index contributed by atoms with van der Waals surface area (Å²) in [4.78, 5) is 30.2. The molecule has 156 valence electrons. The number of amides is 2. The summed E-state index contributed by atoms with van der Waals surface area (Å²) in [6.07, 6.45) is 4.10. The summed E-state index contributed by atoms with van der Waals surface area (Å²) in [6, 6.07) is 15.8. The fourth-order valence-electron chi connectivity index (χ4n) is 5.09. The van der Waals surface area contributed by atoms with E-state index in [0.29, 0.717) is 13.1 Å². The fourth-order valence-corrected chi connectivity index (χ4v) is 6.56. The van der Waals surface area contributed by atoms with Crippen LogP contribution < -0.4 is 9.64 Å². The molecule has 3 aliphatic rings. The second-order valence-corrected chi connectivity index (χ2v) is 9.51. The van der Waals surface area contributed by atoms with Crippen molar-refractivity contribution in [2.24, 2.45) is 5.92 Å². The smallest absolute Gasteiger partial charge is 0.268 e. The molecule has 1 saturated carbocycles. The number of benzene rings is 2. The number of carbonyl (C=O) groups is 2. The van der Waals surface area contributed by atoms with Crippen LogP contribution in [0, 0.1) is 5.92 Å². The van der Waals surface area contributed by atoms with Crippen molar-refractivity contribution >= 4 is 29.3 Å². The molecule has 1 saturated heterocycles. The summed E-state index contributed by atoms with van der Waals surface area (Å²) in [5.41, 5.74) is 2.86. The lowest BCUT2D eigenvalue weighted by atomic mass is 10.0. The number of hydrogen-bond donors (Lipinski definition) is 0. The SMILES string of the molecule is COc1cccc(CN2C(=O)C3(SCCN3C(=O)C3CCCC3)c3ccccc32)c1. The number of hydrogen-bond acceptors (Lipinski definition) is 4. The first-order valence-corrected chi connectivity index (χ1v) is 11.6. The minimum absolute atomic E-state index is 0.000340. The average molecular weight is 423 g/mol. The Morgan fingerprint density at radius 2 is 1.97 bits per heavy atom. The molecule has 1 aliphatic carbocycles. The molecule has 2 aromatic rings.